The summed E-state index contributed by atoms with van der Waals surface area (Å²) in [5.74, 6) is -22.3. The lowest BCUT2D eigenvalue weighted by molar-refractivity contribution is 0.379. The quantitative estimate of drug-likeness (QED) is 0.374. The van der Waals surface area contributed by atoms with Crippen molar-refractivity contribution in [2.75, 3.05) is 0 Å². The molecule has 0 nitrogen and oxygen atoms in total. The molecule has 0 saturated carbocycles. The second-order valence-corrected chi connectivity index (χ2v) is 4.27. The van der Waals surface area contributed by atoms with Crippen LogP contribution in [-0.2, 0) is 0 Å². The molecule has 0 aliphatic heterocycles. The fourth-order valence-electron chi connectivity index (χ4n) is 1.65. The van der Waals surface area contributed by atoms with Gasteiger partial charge < -0.3 is 0 Å². The maximum atomic E-state index is 13.7. The van der Waals surface area contributed by atoms with Crippen molar-refractivity contribution < 1.29 is 39.5 Å². The Hall–Kier alpha value is -1.90. The van der Waals surface area contributed by atoms with Gasteiger partial charge in [0.1, 0.15) is 5.02 Å². The highest BCUT2D eigenvalue weighted by Gasteiger charge is 2.33. The summed E-state index contributed by atoms with van der Waals surface area (Å²) >= 11 is 4.96. The molecule has 0 N–H and O–H groups in total. The highest BCUT2D eigenvalue weighted by atomic mass is 35.5. The minimum atomic E-state index is -2.60. The van der Waals surface area contributed by atoms with Crippen molar-refractivity contribution in [1.29, 1.82) is 0 Å². The van der Waals surface area contributed by atoms with E-state index in [1.807, 2.05) is 0 Å². The minimum Gasteiger partial charge on any atom is -0.204 e. The summed E-state index contributed by atoms with van der Waals surface area (Å²) in [6.45, 7) is 0. The lowest BCUT2D eigenvalue weighted by Gasteiger charge is -2.12. The van der Waals surface area contributed by atoms with Crippen LogP contribution in [0.15, 0.2) is 0 Å². The Balaban J connectivity index is 3.03. The van der Waals surface area contributed by atoms with Crippen molar-refractivity contribution in [2.24, 2.45) is 0 Å². The van der Waals surface area contributed by atoms with Crippen molar-refractivity contribution >= 4 is 11.6 Å². The van der Waals surface area contributed by atoms with Crippen LogP contribution < -0.4 is 0 Å². The maximum absolute atomic E-state index is 13.7. The summed E-state index contributed by atoms with van der Waals surface area (Å²) < 4.78 is 119. The summed E-state index contributed by atoms with van der Waals surface area (Å²) in [5, 5.41) is -1.71. The Labute approximate surface area is 120 Å². The fourth-order valence-corrected chi connectivity index (χ4v) is 1.83. The average molecular weight is 351 g/mol. The van der Waals surface area contributed by atoms with Crippen LogP contribution in [0.3, 0.4) is 0 Å². The Bertz CT molecular complexity index is 675. The van der Waals surface area contributed by atoms with Crippen molar-refractivity contribution in [3.8, 4) is 11.1 Å². The van der Waals surface area contributed by atoms with Gasteiger partial charge in [-0.15, -0.1) is 0 Å². The zero-order valence-electron chi connectivity index (χ0n) is 9.78. The molecule has 0 amide bonds. The van der Waals surface area contributed by atoms with E-state index in [2.05, 4.69) is 0 Å². The molecule has 118 valence electrons. The number of halogens is 10. The van der Waals surface area contributed by atoms with Gasteiger partial charge in [-0.2, -0.15) is 0 Å². The molecular weight excluding hydrogens is 351 g/mol. The molecule has 0 spiro atoms. The molecule has 0 aliphatic rings. The van der Waals surface area contributed by atoms with Gasteiger partial charge in [-0.25, -0.2) is 39.5 Å². The molecule has 0 saturated heterocycles. The Kier molecular flexibility index (Phi) is 4.03. The second-order valence-electron chi connectivity index (χ2n) is 3.89. The Morgan fingerprint density at radius 2 is 0.636 bits per heavy atom. The SMILES string of the molecule is Fc1c(F)c(F)c(-c2c(F)c(F)c(F)c(Cl)c2F)c(F)c1F. The third-order valence-corrected chi connectivity index (χ3v) is 3.00. The standard InChI is InChI=1S/C12ClF9/c13-3-4(14)1(5(15)9(19)8(3)18)2-6(16)10(20)12(22)11(21)7(2)17. The number of hydrogen-bond acceptors (Lipinski definition) is 0. The third kappa shape index (κ3) is 2.11. The Morgan fingerprint density at radius 3 is 1.05 bits per heavy atom. The first-order valence-electron chi connectivity index (χ1n) is 5.14. The van der Waals surface area contributed by atoms with Gasteiger partial charge >= 0.3 is 0 Å². The average Bonchev–Trinajstić information content (AvgIpc) is 2.50. The molecule has 10 heteroatoms. The first-order chi connectivity index (χ1) is 10.1. The smallest absolute Gasteiger partial charge is 0.200 e. The predicted molar refractivity (Wildman–Crippen MR) is 56.5 cm³/mol. The number of rotatable bonds is 1. The van der Waals surface area contributed by atoms with Crippen molar-refractivity contribution in [1.82, 2.24) is 0 Å². The van der Waals surface area contributed by atoms with Gasteiger partial charge in [0.05, 0.1) is 11.1 Å². The summed E-state index contributed by atoms with van der Waals surface area (Å²) in [4.78, 5) is 0. The maximum Gasteiger partial charge on any atom is 0.200 e. The summed E-state index contributed by atoms with van der Waals surface area (Å²) in [5.41, 5.74) is -4.12. The number of hydrogen-bond donors (Lipinski definition) is 0. The first kappa shape index (κ1) is 16.5. The lowest BCUT2D eigenvalue weighted by Crippen LogP contribution is -2.08. The van der Waals surface area contributed by atoms with Gasteiger partial charge in [-0.3, -0.25) is 0 Å². The van der Waals surface area contributed by atoms with Crippen LogP contribution in [0.1, 0.15) is 0 Å². The number of benzene rings is 2. The zero-order valence-corrected chi connectivity index (χ0v) is 10.5. The van der Waals surface area contributed by atoms with E-state index in [0.717, 1.165) is 0 Å². The first-order valence-corrected chi connectivity index (χ1v) is 5.52. The van der Waals surface area contributed by atoms with Crippen LogP contribution in [0, 0.1) is 52.4 Å². The molecule has 0 fully saturated rings. The van der Waals surface area contributed by atoms with Crippen LogP contribution in [-0.4, -0.2) is 0 Å². The van der Waals surface area contributed by atoms with Crippen LogP contribution in [0.5, 0.6) is 0 Å². The van der Waals surface area contributed by atoms with E-state index in [1.165, 1.54) is 0 Å². The fraction of sp³-hybridized carbons (Fsp3) is 0. The molecule has 0 bridgehead atoms. The molecule has 2 rings (SSSR count). The monoisotopic (exact) mass is 350 g/mol. The van der Waals surface area contributed by atoms with Gasteiger partial charge in [0, 0.05) is 0 Å². The largest absolute Gasteiger partial charge is 0.204 e. The van der Waals surface area contributed by atoms with Crippen LogP contribution in [0.4, 0.5) is 39.5 Å². The summed E-state index contributed by atoms with van der Waals surface area (Å²) in [6.07, 6.45) is 0. The van der Waals surface area contributed by atoms with Gasteiger partial charge in [0.15, 0.2) is 46.5 Å². The Morgan fingerprint density at radius 1 is 0.364 bits per heavy atom. The van der Waals surface area contributed by atoms with E-state index < -0.39 is 68.5 Å². The molecule has 0 radical (unpaired) electrons. The molecule has 2 aromatic rings. The predicted octanol–water partition coefficient (Wildman–Crippen LogP) is 5.26. The molecule has 0 unspecified atom stereocenters. The van der Waals surface area contributed by atoms with E-state index >= 15 is 0 Å². The van der Waals surface area contributed by atoms with E-state index in [0.29, 0.717) is 0 Å². The molecule has 22 heavy (non-hydrogen) atoms. The highest BCUT2D eigenvalue weighted by molar-refractivity contribution is 6.31. The van der Waals surface area contributed by atoms with Crippen molar-refractivity contribution in [3.05, 3.63) is 57.4 Å². The molecule has 0 aliphatic carbocycles. The van der Waals surface area contributed by atoms with E-state index in [4.69, 9.17) is 11.6 Å². The minimum absolute atomic E-state index is 1.71. The molecule has 0 aromatic heterocycles. The van der Waals surface area contributed by atoms with E-state index in [1.54, 1.807) is 0 Å². The lowest BCUT2D eigenvalue weighted by atomic mass is 10.0. The molecular formula is C12ClF9. The van der Waals surface area contributed by atoms with Crippen LogP contribution in [0.2, 0.25) is 5.02 Å². The molecule has 0 atom stereocenters. The van der Waals surface area contributed by atoms with Crippen LogP contribution in [0.25, 0.3) is 11.1 Å². The third-order valence-electron chi connectivity index (χ3n) is 2.67. The van der Waals surface area contributed by atoms with Gasteiger partial charge in [0.2, 0.25) is 5.82 Å². The summed E-state index contributed by atoms with van der Waals surface area (Å²) in [6, 6.07) is 0. The van der Waals surface area contributed by atoms with E-state index in [-0.39, 0.29) is 0 Å². The van der Waals surface area contributed by atoms with Gasteiger partial charge in [-0.1, -0.05) is 11.6 Å². The second kappa shape index (κ2) is 5.38. The zero-order chi connectivity index (χ0) is 16.9. The normalized spacial score (nSPS) is 11.2. The highest BCUT2D eigenvalue weighted by Crippen LogP contribution is 2.39. The molecule has 2 aromatic carbocycles. The van der Waals surface area contributed by atoms with Gasteiger partial charge in [0.25, 0.3) is 0 Å². The van der Waals surface area contributed by atoms with Gasteiger partial charge in [-0.05, 0) is 0 Å². The van der Waals surface area contributed by atoms with E-state index in [9.17, 15) is 39.5 Å². The van der Waals surface area contributed by atoms with Crippen molar-refractivity contribution in [3.63, 3.8) is 0 Å². The molecule has 0 heterocycles. The van der Waals surface area contributed by atoms with Crippen molar-refractivity contribution in [2.45, 2.75) is 0 Å². The van der Waals surface area contributed by atoms with Crippen LogP contribution >= 0.6 is 11.6 Å². The summed E-state index contributed by atoms with van der Waals surface area (Å²) in [7, 11) is 0. The topological polar surface area (TPSA) is 0 Å².